The maximum atomic E-state index is 6.04. The molecule has 1 atom stereocenters. The molecule has 1 aromatic heterocycles. The van der Waals surface area contributed by atoms with Crippen molar-refractivity contribution in [3.05, 3.63) is 194 Å². The molecule has 0 aliphatic carbocycles. The average molecular weight is 788 g/mol. The number of benzene rings is 6. The molecule has 0 N–H and O–H groups in total. The van der Waals surface area contributed by atoms with E-state index in [0.29, 0.717) is 5.95 Å². The van der Waals surface area contributed by atoms with Gasteiger partial charge in [-0.05, 0) is 88.2 Å². The maximum Gasteiger partial charge on any atom is 0.230 e. The Morgan fingerprint density at radius 3 is 2.03 bits per heavy atom. The normalized spacial score (nSPS) is 11.2. The van der Waals surface area contributed by atoms with Gasteiger partial charge in [-0.3, -0.25) is 0 Å². The van der Waals surface area contributed by atoms with Crippen molar-refractivity contribution in [2.75, 3.05) is 19.1 Å². The molecular formula is C56H57N3O. The van der Waals surface area contributed by atoms with Gasteiger partial charge in [0.05, 0.1) is 18.3 Å². The lowest BCUT2D eigenvalue weighted by molar-refractivity contribution is 0.412. The monoisotopic (exact) mass is 787 g/mol. The van der Waals surface area contributed by atoms with Crippen LogP contribution in [0, 0.1) is 12.8 Å². The van der Waals surface area contributed by atoms with E-state index < -0.39 is 0 Å². The molecule has 0 spiro atoms. The summed E-state index contributed by atoms with van der Waals surface area (Å²) in [5.41, 5.74) is 13.1. The standard InChI is InChI=1S/C51H49N3O.C3H6.C2H2/c1-8-18-40-22-17-24-42(49(40)55-7)41-31-32-47(44(33-41)35(3)34-51(4,5)45-25-15-13-19-36(45)9-2)54(6)50-52-46-26-16-14-23-43(46)48(53-50)39-29-27-38(28-30-39)37-20-11-10-12-21-37;1-3-2;1-2/h8-17,19-33,35H,1-2,18,34H2,3-7H3;3H,1H2,2H3;1-2H. The van der Waals surface area contributed by atoms with Crippen LogP contribution in [0.4, 0.5) is 11.6 Å². The van der Waals surface area contributed by atoms with Crippen LogP contribution in [0.25, 0.3) is 50.5 Å². The highest BCUT2D eigenvalue weighted by molar-refractivity contribution is 5.94. The lowest BCUT2D eigenvalue weighted by Gasteiger charge is -2.32. The summed E-state index contributed by atoms with van der Waals surface area (Å²) in [6.45, 7) is 20.4. The maximum absolute atomic E-state index is 6.04. The predicted molar refractivity (Wildman–Crippen MR) is 259 cm³/mol. The van der Waals surface area contributed by atoms with E-state index in [-0.39, 0.29) is 11.3 Å². The average Bonchev–Trinajstić information content (AvgIpc) is 3.29. The summed E-state index contributed by atoms with van der Waals surface area (Å²) in [6.07, 6.45) is 15.3. The Morgan fingerprint density at radius 1 is 0.733 bits per heavy atom. The minimum absolute atomic E-state index is 0.129. The first-order valence-corrected chi connectivity index (χ1v) is 20.3. The van der Waals surface area contributed by atoms with Crippen molar-refractivity contribution in [2.45, 2.75) is 51.9 Å². The molecule has 6 aromatic carbocycles. The number of aromatic nitrogens is 2. The van der Waals surface area contributed by atoms with Gasteiger partial charge >= 0.3 is 0 Å². The van der Waals surface area contributed by atoms with Crippen LogP contribution >= 0.6 is 0 Å². The summed E-state index contributed by atoms with van der Waals surface area (Å²) in [4.78, 5) is 12.6. The number of fused-ring (bicyclic) bond motifs is 1. The molecule has 1 unspecified atom stereocenters. The van der Waals surface area contributed by atoms with Gasteiger partial charge in [-0.15, -0.1) is 26.0 Å². The number of hydrogen-bond acceptors (Lipinski definition) is 4. The van der Waals surface area contributed by atoms with Crippen LogP contribution in [-0.4, -0.2) is 24.1 Å². The second kappa shape index (κ2) is 20.6. The molecule has 0 saturated heterocycles. The largest absolute Gasteiger partial charge is 0.496 e. The van der Waals surface area contributed by atoms with Gasteiger partial charge in [0.2, 0.25) is 5.95 Å². The van der Waals surface area contributed by atoms with Crippen molar-refractivity contribution in [2.24, 2.45) is 0 Å². The Labute approximate surface area is 358 Å². The third-order valence-corrected chi connectivity index (χ3v) is 10.8. The first-order valence-electron chi connectivity index (χ1n) is 20.3. The molecule has 1 heterocycles. The van der Waals surface area contributed by atoms with Gasteiger partial charge < -0.3 is 9.64 Å². The van der Waals surface area contributed by atoms with Gasteiger partial charge in [0.15, 0.2) is 0 Å². The third kappa shape index (κ3) is 9.83. The molecule has 4 heteroatoms. The number of methoxy groups -OCH3 is 1. The minimum atomic E-state index is -0.129. The van der Waals surface area contributed by atoms with Crippen LogP contribution in [0.1, 0.15) is 62.3 Å². The summed E-state index contributed by atoms with van der Waals surface area (Å²) >= 11 is 0. The zero-order chi connectivity index (χ0) is 43.2. The second-order valence-corrected chi connectivity index (χ2v) is 15.3. The van der Waals surface area contributed by atoms with Gasteiger partial charge in [-0.1, -0.05) is 167 Å². The smallest absolute Gasteiger partial charge is 0.230 e. The highest BCUT2D eigenvalue weighted by Crippen LogP contribution is 2.44. The Kier molecular flexibility index (Phi) is 15.2. The van der Waals surface area contributed by atoms with E-state index in [1.54, 1.807) is 13.2 Å². The lowest BCUT2D eigenvalue weighted by Crippen LogP contribution is -2.23. The second-order valence-electron chi connectivity index (χ2n) is 15.3. The molecule has 0 saturated carbocycles. The lowest BCUT2D eigenvalue weighted by atomic mass is 9.73. The fraction of sp³-hybridized carbons (Fsp3) is 0.179. The third-order valence-electron chi connectivity index (χ3n) is 10.8. The topological polar surface area (TPSA) is 38.2 Å². The molecule has 0 aliphatic rings. The van der Waals surface area contributed by atoms with Gasteiger partial charge in [-0.2, -0.15) is 0 Å². The number of allylic oxidation sites excluding steroid dienone is 2. The van der Waals surface area contributed by atoms with E-state index in [1.807, 2.05) is 31.2 Å². The number of anilines is 2. The molecule has 302 valence electrons. The Morgan fingerprint density at radius 2 is 1.35 bits per heavy atom. The Bertz CT molecular complexity index is 2570. The van der Waals surface area contributed by atoms with Crippen molar-refractivity contribution < 1.29 is 4.74 Å². The van der Waals surface area contributed by atoms with Crippen LogP contribution in [0.2, 0.25) is 0 Å². The zero-order valence-electron chi connectivity index (χ0n) is 36.0. The van der Waals surface area contributed by atoms with Crippen molar-refractivity contribution in [3.8, 4) is 52.1 Å². The van der Waals surface area contributed by atoms with Crippen molar-refractivity contribution in [3.63, 3.8) is 0 Å². The van der Waals surface area contributed by atoms with E-state index in [0.717, 1.165) is 63.1 Å². The van der Waals surface area contributed by atoms with Gasteiger partial charge in [0.1, 0.15) is 5.75 Å². The summed E-state index contributed by atoms with van der Waals surface area (Å²) in [5.74, 6) is 1.69. The van der Waals surface area contributed by atoms with E-state index in [2.05, 4.69) is 193 Å². The van der Waals surface area contributed by atoms with Gasteiger partial charge in [-0.25, -0.2) is 9.97 Å². The summed E-state index contributed by atoms with van der Waals surface area (Å²) < 4.78 is 6.04. The van der Waals surface area contributed by atoms with Crippen molar-refractivity contribution in [1.29, 1.82) is 0 Å². The van der Waals surface area contributed by atoms with E-state index in [4.69, 9.17) is 14.7 Å². The molecule has 7 rings (SSSR count). The molecular weight excluding hydrogens is 731 g/mol. The quantitative estimate of drug-likeness (QED) is 0.0862. The molecule has 0 fully saturated rings. The number of nitrogens with zero attached hydrogens (tertiary/aromatic N) is 3. The van der Waals surface area contributed by atoms with E-state index in [9.17, 15) is 0 Å². The van der Waals surface area contributed by atoms with Gasteiger partial charge in [0, 0.05) is 29.2 Å². The predicted octanol–water partition coefficient (Wildman–Crippen LogP) is 14.7. The Hall–Kier alpha value is -6.96. The summed E-state index contributed by atoms with van der Waals surface area (Å²) in [6, 6.07) is 49.1. The first-order chi connectivity index (χ1) is 29.1. The highest BCUT2D eigenvalue weighted by atomic mass is 16.5. The van der Waals surface area contributed by atoms with Crippen LogP contribution in [-0.2, 0) is 11.8 Å². The summed E-state index contributed by atoms with van der Waals surface area (Å²) in [7, 11) is 3.83. The van der Waals surface area contributed by atoms with Crippen LogP contribution in [0.15, 0.2) is 171 Å². The Balaban J connectivity index is 0.00000131. The minimum Gasteiger partial charge on any atom is -0.496 e. The number of terminal acetylenes is 1. The molecule has 4 nitrogen and oxygen atoms in total. The number of ether oxygens (including phenoxy) is 1. The van der Waals surface area contributed by atoms with E-state index in [1.165, 1.54) is 27.8 Å². The van der Waals surface area contributed by atoms with Gasteiger partial charge in [0.25, 0.3) is 0 Å². The fourth-order valence-corrected chi connectivity index (χ4v) is 8.06. The molecule has 0 bridgehead atoms. The van der Waals surface area contributed by atoms with Crippen LogP contribution in [0.5, 0.6) is 5.75 Å². The van der Waals surface area contributed by atoms with Crippen LogP contribution in [0.3, 0.4) is 0 Å². The molecule has 0 radical (unpaired) electrons. The van der Waals surface area contributed by atoms with Crippen molar-refractivity contribution >= 4 is 28.6 Å². The zero-order valence-corrected chi connectivity index (χ0v) is 36.0. The molecule has 7 aromatic rings. The molecule has 0 aliphatic heterocycles. The van der Waals surface area contributed by atoms with E-state index >= 15 is 0 Å². The fourth-order valence-electron chi connectivity index (χ4n) is 8.06. The number of hydrogen-bond donors (Lipinski definition) is 0. The molecule has 60 heavy (non-hydrogen) atoms. The number of para-hydroxylation sites is 2. The molecule has 0 amide bonds. The van der Waals surface area contributed by atoms with Crippen molar-refractivity contribution in [1.82, 2.24) is 9.97 Å². The van der Waals surface area contributed by atoms with Crippen LogP contribution < -0.4 is 9.64 Å². The summed E-state index contributed by atoms with van der Waals surface area (Å²) in [5, 5.41) is 1.02. The number of rotatable bonds is 13. The highest BCUT2D eigenvalue weighted by Gasteiger charge is 2.28. The SMILES string of the molecule is C#C.C=CC.C=CCc1cccc(-c2ccc(N(C)c3nc(-c4ccc(-c5ccccc5)cc4)c4ccccc4n3)c(C(C)CC(C)(C)c3ccccc3C=C)c2)c1OC. The first kappa shape index (κ1) is 44.1.